The summed E-state index contributed by atoms with van der Waals surface area (Å²) in [6, 6.07) is 31.2. The molecule has 0 saturated heterocycles. The molecule has 4 N–H and O–H groups in total. The zero-order chi connectivity index (χ0) is 24.1. The number of carbonyl (C=O) groups is 1. The minimum absolute atomic E-state index is 0.287. The number of ether oxygens (including phenoxy) is 2. The van der Waals surface area contributed by atoms with Crippen molar-refractivity contribution >= 4 is 22.7 Å². The molecule has 0 aliphatic rings. The third-order valence-corrected chi connectivity index (χ3v) is 5.68. The topological polar surface area (TPSA) is 87.6 Å². The molecule has 0 fully saturated rings. The van der Waals surface area contributed by atoms with Crippen molar-refractivity contribution < 1.29 is 14.3 Å². The zero-order valence-electron chi connectivity index (χ0n) is 19.1. The first-order chi connectivity index (χ1) is 16.5. The number of nitrogens with two attached hydrogens (primary N) is 2. The van der Waals surface area contributed by atoms with Crippen molar-refractivity contribution in [3.63, 3.8) is 0 Å². The normalized spacial score (nSPS) is 10.4. The third kappa shape index (κ3) is 4.64. The monoisotopic (exact) mass is 450 g/mol. The Kier molecular flexibility index (Phi) is 6.64. The van der Waals surface area contributed by atoms with Crippen molar-refractivity contribution in [1.29, 1.82) is 0 Å². The van der Waals surface area contributed by atoms with E-state index in [-0.39, 0.29) is 5.56 Å². The van der Waals surface area contributed by atoms with Gasteiger partial charge in [0.15, 0.2) is 0 Å². The maximum Gasteiger partial charge on any atom is 0.250 e. The van der Waals surface area contributed by atoms with Crippen LogP contribution in [0.4, 0.5) is 5.69 Å². The third-order valence-electron chi connectivity index (χ3n) is 5.68. The Morgan fingerprint density at radius 2 is 1.06 bits per heavy atom. The standard InChI is InChI=1S/C29H26N2O3/c1-33-23-13-8-20(9-14-23)27(21-10-15-24(34-2)16-11-21)28(19-6-4-3-5-7-19)22-12-17-26(30)25(18-22)29(31)32/h3-18H,30H2,1-2H3,(H2,31,32). The largest absolute Gasteiger partial charge is 0.497 e. The van der Waals surface area contributed by atoms with Gasteiger partial charge in [-0.2, -0.15) is 0 Å². The molecule has 0 unspecified atom stereocenters. The molecule has 0 aromatic heterocycles. The van der Waals surface area contributed by atoms with Gasteiger partial charge in [0.25, 0.3) is 5.91 Å². The first kappa shape index (κ1) is 22.7. The fourth-order valence-electron chi connectivity index (χ4n) is 3.96. The van der Waals surface area contributed by atoms with E-state index in [0.29, 0.717) is 5.69 Å². The van der Waals surface area contributed by atoms with Crippen molar-refractivity contribution in [1.82, 2.24) is 0 Å². The van der Waals surface area contributed by atoms with Gasteiger partial charge in [-0.05, 0) is 69.8 Å². The van der Waals surface area contributed by atoms with E-state index >= 15 is 0 Å². The molecule has 0 aliphatic carbocycles. The van der Waals surface area contributed by atoms with Crippen LogP contribution < -0.4 is 20.9 Å². The van der Waals surface area contributed by atoms with Gasteiger partial charge in [-0.25, -0.2) is 0 Å². The van der Waals surface area contributed by atoms with E-state index in [2.05, 4.69) is 0 Å². The maximum atomic E-state index is 12.1. The van der Waals surface area contributed by atoms with Gasteiger partial charge in [-0.15, -0.1) is 0 Å². The van der Waals surface area contributed by atoms with Crippen LogP contribution in [0.3, 0.4) is 0 Å². The highest BCUT2D eigenvalue weighted by molar-refractivity contribution is 6.06. The number of benzene rings is 4. The molecule has 0 aliphatic heterocycles. The lowest BCUT2D eigenvalue weighted by molar-refractivity contribution is 0.100. The fourth-order valence-corrected chi connectivity index (χ4v) is 3.96. The summed E-state index contributed by atoms with van der Waals surface area (Å²) in [6.07, 6.45) is 0. The second-order valence-corrected chi connectivity index (χ2v) is 7.74. The molecule has 4 aromatic carbocycles. The van der Waals surface area contributed by atoms with Crippen LogP contribution in [0.25, 0.3) is 11.1 Å². The van der Waals surface area contributed by atoms with Crippen molar-refractivity contribution in [2.75, 3.05) is 20.0 Å². The SMILES string of the molecule is COc1ccc(C(=C(c2ccccc2)c2ccc(N)c(C(N)=O)c2)c2ccc(OC)cc2)cc1. The Balaban J connectivity index is 2.09. The first-order valence-corrected chi connectivity index (χ1v) is 10.8. The lowest BCUT2D eigenvalue weighted by Gasteiger charge is -2.19. The highest BCUT2D eigenvalue weighted by Gasteiger charge is 2.18. The number of primary amides is 1. The molecule has 0 heterocycles. The van der Waals surface area contributed by atoms with Crippen LogP contribution in [0.1, 0.15) is 32.6 Å². The summed E-state index contributed by atoms with van der Waals surface area (Å²) in [5.74, 6) is 0.965. The van der Waals surface area contributed by atoms with Gasteiger partial charge in [0.2, 0.25) is 0 Å². The smallest absolute Gasteiger partial charge is 0.250 e. The summed E-state index contributed by atoms with van der Waals surface area (Å²) in [5.41, 5.74) is 18.0. The minimum atomic E-state index is -0.567. The lowest BCUT2D eigenvalue weighted by Crippen LogP contribution is -2.14. The van der Waals surface area contributed by atoms with Gasteiger partial charge < -0.3 is 20.9 Å². The van der Waals surface area contributed by atoms with Crippen LogP contribution in [-0.4, -0.2) is 20.1 Å². The molecule has 0 spiro atoms. The zero-order valence-corrected chi connectivity index (χ0v) is 19.1. The molecule has 0 saturated carbocycles. The summed E-state index contributed by atoms with van der Waals surface area (Å²) in [7, 11) is 3.29. The fraction of sp³-hybridized carbons (Fsp3) is 0.0690. The van der Waals surface area contributed by atoms with Crippen LogP contribution >= 0.6 is 0 Å². The highest BCUT2D eigenvalue weighted by Crippen LogP contribution is 2.38. The molecule has 5 heteroatoms. The van der Waals surface area contributed by atoms with E-state index in [9.17, 15) is 4.79 Å². The van der Waals surface area contributed by atoms with E-state index in [0.717, 1.165) is 44.9 Å². The van der Waals surface area contributed by atoms with Gasteiger partial charge >= 0.3 is 0 Å². The van der Waals surface area contributed by atoms with Crippen LogP contribution in [0.15, 0.2) is 97.1 Å². The molecule has 4 rings (SSSR count). The van der Waals surface area contributed by atoms with Gasteiger partial charge in [0.1, 0.15) is 11.5 Å². The maximum absolute atomic E-state index is 12.1. The Morgan fingerprint density at radius 1 is 0.618 bits per heavy atom. The molecule has 5 nitrogen and oxygen atoms in total. The summed E-state index contributed by atoms with van der Waals surface area (Å²) in [5, 5.41) is 0. The van der Waals surface area contributed by atoms with Crippen molar-refractivity contribution in [2.45, 2.75) is 0 Å². The van der Waals surface area contributed by atoms with E-state index in [4.69, 9.17) is 20.9 Å². The number of carbonyl (C=O) groups excluding carboxylic acids is 1. The van der Waals surface area contributed by atoms with Gasteiger partial charge in [0.05, 0.1) is 19.8 Å². The van der Waals surface area contributed by atoms with Crippen LogP contribution in [0, 0.1) is 0 Å². The summed E-state index contributed by atoms with van der Waals surface area (Å²) in [6.45, 7) is 0. The van der Waals surface area contributed by atoms with Crippen LogP contribution in [0.2, 0.25) is 0 Å². The molecular formula is C29H26N2O3. The number of rotatable bonds is 7. The number of anilines is 1. The van der Waals surface area contributed by atoms with Gasteiger partial charge in [-0.3, -0.25) is 4.79 Å². The number of hydrogen-bond acceptors (Lipinski definition) is 4. The molecule has 0 atom stereocenters. The van der Waals surface area contributed by atoms with E-state index < -0.39 is 5.91 Å². The van der Waals surface area contributed by atoms with Crippen molar-refractivity contribution in [3.8, 4) is 11.5 Å². The predicted molar refractivity (Wildman–Crippen MR) is 137 cm³/mol. The second-order valence-electron chi connectivity index (χ2n) is 7.74. The van der Waals surface area contributed by atoms with E-state index in [1.54, 1.807) is 26.4 Å². The summed E-state index contributed by atoms with van der Waals surface area (Å²) < 4.78 is 10.7. The van der Waals surface area contributed by atoms with Crippen LogP contribution in [-0.2, 0) is 0 Å². The predicted octanol–water partition coefficient (Wildman–Crippen LogP) is 5.39. The van der Waals surface area contributed by atoms with Gasteiger partial charge in [-0.1, -0.05) is 60.7 Å². The summed E-state index contributed by atoms with van der Waals surface area (Å²) >= 11 is 0. The van der Waals surface area contributed by atoms with Crippen LogP contribution in [0.5, 0.6) is 11.5 Å². The Hall–Kier alpha value is -4.51. The molecule has 170 valence electrons. The Morgan fingerprint density at radius 3 is 1.53 bits per heavy atom. The quantitative estimate of drug-likeness (QED) is 0.292. The van der Waals surface area contributed by atoms with E-state index in [1.165, 1.54) is 0 Å². The number of hydrogen-bond donors (Lipinski definition) is 2. The van der Waals surface area contributed by atoms with Crippen molar-refractivity contribution in [3.05, 3.63) is 125 Å². The number of nitrogen functional groups attached to an aromatic ring is 1. The number of methoxy groups -OCH3 is 2. The molecule has 1 amide bonds. The lowest BCUT2D eigenvalue weighted by atomic mass is 9.85. The van der Waals surface area contributed by atoms with E-state index in [1.807, 2.05) is 84.9 Å². The van der Waals surface area contributed by atoms with Crippen molar-refractivity contribution in [2.24, 2.45) is 5.73 Å². The second kappa shape index (κ2) is 9.96. The highest BCUT2D eigenvalue weighted by atomic mass is 16.5. The molecular weight excluding hydrogens is 424 g/mol. The minimum Gasteiger partial charge on any atom is -0.497 e. The summed E-state index contributed by atoms with van der Waals surface area (Å²) in [4.78, 5) is 12.1. The average molecular weight is 451 g/mol. The Bertz CT molecular complexity index is 1280. The average Bonchev–Trinajstić information content (AvgIpc) is 2.88. The molecule has 4 aromatic rings. The molecule has 0 radical (unpaired) electrons. The molecule has 34 heavy (non-hydrogen) atoms. The number of amides is 1. The Labute approximate surface area is 199 Å². The van der Waals surface area contributed by atoms with Gasteiger partial charge in [0, 0.05) is 5.69 Å². The molecule has 0 bridgehead atoms. The first-order valence-electron chi connectivity index (χ1n) is 10.8.